The summed E-state index contributed by atoms with van der Waals surface area (Å²) in [6.07, 6.45) is 55.5. The van der Waals surface area contributed by atoms with E-state index in [1.807, 2.05) is 0 Å². The minimum atomic E-state index is -4.96. The second-order valence-electron chi connectivity index (χ2n) is 29.5. The van der Waals surface area contributed by atoms with Gasteiger partial charge in [0.25, 0.3) is 0 Å². The molecule has 0 aliphatic heterocycles. The van der Waals surface area contributed by atoms with E-state index in [4.69, 9.17) is 37.0 Å². The maximum absolute atomic E-state index is 13.1. The Morgan fingerprint density at radius 3 is 0.701 bits per heavy atom. The van der Waals surface area contributed by atoms with Crippen molar-refractivity contribution in [3.05, 3.63) is 0 Å². The van der Waals surface area contributed by atoms with Crippen LogP contribution in [-0.2, 0) is 65.4 Å². The molecule has 576 valence electrons. The van der Waals surface area contributed by atoms with Crippen molar-refractivity contribution in [1.29, 1.82) is 0 Å². The second kappa shape index (κ2) is 68.5. The molecule has 0 radical (unpaired) electrons. The lowest BCUT2D eigenvalue weighted by molar-refractivity contribution is -0.161. The van der Waals surface area contributed by atoms with Crippen LogP contribution in [0.3, 0.4) is 0 Å². The van der Waals surface area contributed by atoms with Crippen molar-refractivity contribution in [2.75, 3.05) is 39.6 Å². The summed E-state index contributed by atoms with van der Waals surface area (Å²) in [7, 11) is -9.92. The summed E-state index contributed by atoms with van der Waals surface area (Å²) in [5.41, 5.74) is 0. The molecule has 17 nitrogen and oxygen atoms in total. The summed E-state index contributed by atoms with van der Waals surface area (Å²) in [6.45, 7) is 11.9. The lowest BCUT2D eigenvalue weighted by Gasteiger charge is -2.21. The molecule has 0 aliphatic rings. The van der Waals surface area contributed by atoms with Crippen LogP contribution in [0.5, 0.6) is 0 Å². The van der Waals surface area contributed by atoms with Gasteiger partial charge in [0.05, 0.1) is 26.4 Å². The third-order valence-corrected chi connectivity index (χ3v) is 20.0. The molecule has 0 aromatic carbocycles. The molecule has 0 saturated carbocycles. The van der Waals surface area contributed by atoms with E-state index in [0.717, 1.165) is 108 Å². The molecule has 0 fully saturated rings. The van der Waals surface area contributed by atoms with E-state index in [0.29, 0.717) is 31.6 Å². The van der Waals surface area contributed by atoms with E-state index in [1.165, 1.54) is 205 Å². The summed E-state index contributed by atoms with van der Waals surface area (Å²) in [5.74, 6) is 0.169. The van der Waals surface area contributed by atoms with Gasteiger partial charge in [-0.2, -0.15) is 0 Å². The fourth-order valence-corrected chi connectivity index (χ4v) is 13.5. The van der Waals surface area contributed by atoms with Gasteiger partial charge in [-0.3, -0.25) is 37.3 Å². The summed E-state index contributed by atoms with van der Waals surface area (Å²) < 4.78 is 68.6. The lowest BCUT2D eigenvalue weighted by Crippen LogP contribution is -2.30. The molecule has 0 saturated heterocycles. The third-order valence-electron chi connectivity index (χ3n) is 18.1. The number of aliphatic hydroxyl groups is 1. The van der Waals surface area contributed by atoms with E-state index >= 15 is 0 Å². The van der Waals surface area contributed by atoms with Gasteiger partial charge in [0.15, 0.2) is 12.2 Å². The van der Waals surface area contributed by atoms with E-state index in [-0.39, 0.29) is 25.7 Å². The quantitative estimate of drug-likeness (QED) is 0.0222. The van der Waals surface area contributed by atoms with Crippen LogP contribution in [0.25, 0.3) is 0 Å². The van der Waals surface area contributed by atoms with Gasteiger partial charge >= 0.3 is 39.5 Å². The highest BCUT2D eigenvalue weighted by atomic mass is 31.2. The molecule has 0 heterocycles. The highest BCUT2D eigenvalue weighted by Gasteiger charge is 2.30. The van der Waals surface area contributed by atoms with Crippen LogP contribution >= 0.6 is 15.6 Å². The standard InChI is InChI=1S/C78H152O17P2/c1-8-9-10-11-12-13-14-15-16-21-27-32-39-47-54-61-78(83)95-74(66-89-76(81)60-53-46-41-34-37-44-51-58-71(6)7)68-93-97(86,87)91-64-72(79)63-90-96(84,85)92-67-73(94-77(82)62-55-48-40-33-28-23-18-20-25-30-36-43-50-57-70(4)5)65-88-75(80)59-52-45-38-31-26-22-17-19-24-29-35-42-49-56-69(2)3/h69-74,79H,8-68H2,1-7H3,(H,84,85)(H,86,87)/t72-,73-,74-/m1/s1. The molecule has 97 heavy (non-hydrogen) atoms. The van der Waals surface area contributed by atoms with Gasteiger partial charge in [0.1, 0.15) is 19.3 Å². The molecule has 0 bridgehead atoms. The van der Waals surface area contributed by atoms with Crippen molar-refractivity contribution >= 4 is 39.5 Å². The van der Waals surface area contributed by atoms with Crippen LogP contribution in [0.4, 0.5) is 0 Å². The normalized spacial score (nSPS) is 14.0. The molecular formula is C78H152O17P2. The Kier molecular flexibility index (Phi) is 67.1. The molecule has 0 aliphatic carbocycles. The highest BCUT2D eigenvalue weighted by molar-refractivity contribution is 7.47. The summed E-state index contributed by atoms with van der Waals surface area (Å²) in [5, 5.41) is 10.6. The fraction of sp³-hybridized carbons (Fsp3) is 0.949. The molecule has 19 heteroatoms. The number of carbonyl (C=O) groups is 4. The van der Waals surface area contributed by atoms with Crippen LogP contribution in [0.15, 0.2) is 0 Å². The van der Waals surface area contributed by atoms with E-state index in [9.17, 15) is 43.2 Å². The zero-order chi connectivity index (χ0) is 71.6. The molecule has 0 rings (SSSR count). The number of hydrogen-bond donors (Lipinski definition) is 3. The molecule has 0 spiro atoms. The topological polar surface area (TPSA) is 237 Å². The maximum atomic E-state index is 13.1. The molecule has 0 aromatic heterocycles. The average Bonchev–Trinajstić information content (AvgIpc) is 1.43. The van der Waals surface area contributed by atoms with Crippen molar-refractivity contribution in [3.8, 4) is 0 Å². The number of phosphoric ester groups is 2. The lowest BCUT2D eigenvalue weighted by atomic mass is 10.0. The number of esters is 4. The Labute approximate surface area is 594 Å². The first-order chi connectivity index (χ1) is 46.7. The monoisotopic (exact) mass is 1420 g/mol. The largest absolute Gasteiger partial charge is 0.472 e. The first-order valence-corrected chi connectivity index (χ1v) is 43.3. The number of ether oxygens (including phenoxy) is 4. The van der Waals surface area contributed by atoms with Crippen LogP contribution in [-0.4, -0.2) is 96.7 Å². The maximum Gasteiger partial charge on any atom is 0.472 e. The Morgan fingerprint density at radius 2 is 0.474 bits per heavy atom. The predicted octanol–water partition coefficient (Wildman–Crippen LogP) is 23.0. The molecule has 5 atom stereocenters. The molecule has 0 amide bonds. The third kappa shape index (κ3) is 72.2. The Morgan fingerprint density at radius 1 is 0.278 bits per heavy atom. The Balaban J connectivity index is 5.25. The van der Waals surface area contributed by atoms with Crippen LogP contribution in [0.1, 0.15) is 402 Å². The minimum Gasteiger partial charge on any atom is -0.462 e. The Hall–Kier alpha value is -1.94. The molecular weight excluding hydrogens is 1270 g/mol. The van der Waals surface area contributed by atoms with Gasteiger partial charge in [-0.1, -0.05) is 350 Å². The van der Waals surface area contributed by atoms with E-state index in [2.05, 4.69) is 48.5 Å². The van der Waals surface area contributed by atoms with E-state index < -0.39 is 97.5 Å². The summed E-state index contributed by atoms with van der Waals surface area (Å²) in [6, 6.07) is 0. The molecule has 3 N–H and O–H groups in total. The first kappa shape index (κ1) is 95.1. The van der Waals surface area contributed by atoms with Gasteiger partial charge < -0.3 is 33.8 Å². The number of hydrogen-bond acceptors (Lipinski definition) is 15. The summed E-state index contributed by atoms with van der Waals surface area (Å²) in [4.78, 5) is 72.9. The molecule has 0 aromatic rings. The number of aliphatic hydroxyl groups excluding tert-OH is 1. The SMILES string of the molecule is CCCCCCCCCCCCCCCCCC(=O)O[C@H](COC(=O)CCCCCCCCCC(C)C)COP(=O)(O)OC[C@H](O)COP(=O)(O)OC[C@@H](COC(=O)CCCCCCCCCCCCCCCC(C)C)OC(=O)CCCCCCCCCCCCCCCC(C)C. The number of phosphoric acid groups is 2. The van der Waals surface area contributed by atoms with Gasteiger partial charge in [0.2, 0.25) is 0 Å². The summed E-state index contributed by atoms with van der Waals surface area (Å²) >= 11 is 0. The second-order valence-corrected chi connectivity index (χ2v) is 32.4. The van der Waals surface area contributed by atoms with Gasteiger partial charge in [-0.25, -0.2) is 9.13 Å². The predicted molar refractivity (Wildman–Crippen MR) is 395 cm³/mol. The molecule has 2 unspecified atom stereocenters. The Bertz CT molecular complexity index is 1890. The first-order valence-electron chi connectivity index (χ1n) is 40.3. The number of unbranched alkanes of at least 4 members (excludes halogenated alkanes) is 44. The number of rotatable bonds is 76. The van der Waals surface area contributed by atoms with Crippen molar-refractivity contribution in [1.82, 2.24) is 0 Å². The van der Waals surface area contributed by atoms with Gasteiger partial charge in [0, 0.05) is 25.7 Å². The average molecular weight is 1420 g/mol. The van der Waals surface area contributed by atoms with Crippen molar-refractivity contribution < 1.29 is 80.2 Å². The van der Waals surface area contributed by atoms with E-state index in [1.54, 1.807) is 0 Å². The zero-order valence-electron chi connectivity index (χ0n) is 63.5. The fourth-order valence-electron chi connectivity index (χ4n) is 12.0. The van der Waals surface area contributed by atoms with Crippen molar-refractivity contribution in [3.63, 3.8) is 0 Å². The van der Waals surface area contributed by atoms with Crippen LogP contribution in [0, 0.1) is 17.8 Å². The van der Waals surface area contributed by atoms with Crippen LogP contribution in [0.2, 0.25) is 0 Å². The van der Waals surface area contributed by atoms with Crippen molar-refractivity contribution in [2.24, 2.45) is 17.8 Å². The zero-order valence-corrected chi connectivity index (χ0v) is 65.3. The van der Waals surface area contributed by atoms with Gasteiger partial charge in [-0.15, -0.1) is 0 Å². The van der Waals surface area contributed by atoms with Gasteiger partial charge in [-0.05, 0) is 43.4 Å². The number of carbonyl (C=O) groups excluding carboxylic acids is 4. The minimum absolute atomic E-state index is 0.107. The smallest absolute Gasteiger partial charge is 0.462 e. The van der Waals surface area contributed by atoms with Crippen molar-refractivity contribution in [2.45, 2.75) is 420 Å². The highest BCUT2D eigenvalue weighted by Crippen LogP contribution is 2.45. The van der Waals surface area contributed by atoms with Crippen LogP contribution < -0.4 is 0 Å².